The number of piperidine rings is 1. The van der Waals surface area contributed by atoms with Crippen molar-refractivity contribution in [2.75, 3.05) is 13.1 Å². The molecule has 3 N–H and O–H groups in total. The average Bonchev–Trinajstić information content (AvgIpc) is 2.04. The normalized spacial score (nSPS) is 32.0. The third-order valence-corrected chi connectivity index (χ3v) is 3.28. The predicted octanol–water partition coefficient (Wildman–Crippen LogP) is 1.50. The van der Waals surface area contributed by atoms with Crippen LogP contribution >= 0.6 is 0 Å². The molecule has 12 heavy (non-hydrogen) atoms. The predicted molar refractivity (Wildman–Crippen MR) is 53.1 cm³/mol. The Balaban J connectivity index is 2.73. The molecule has 0 amide bonds. The Kier molecular flexibility index (Phi) is 2.79. The highest BCUT2D eigenvalue weighted by Gasteiger charge is 2.40. The average molecular weight is 170 g/mol. The maximum atomic E-state index is 5.86. The van der Waals surface area contributed by atoms with Gasteiger partial charge in [-0.05, 0) is 24.8 Å². The fraction of sp³-hybridized carbons (Fsp3) is 1.00. The zero-order valence-electron chi connectivity index (χ0n) is 8.61. The molecule has 72 valence electrons. The third-order valence-electron chi connectivity index (χ3n) is 3.28. The monoisotopic (exact) mass is 170 g/mol. The van der Waals surface area contributed by atoms with Crippen LogP contribution in [0.15, 0.2) is 0 Å². The van der Waals surface area contributed by atoms with Crippen molar-refractivity contribution >= 4 is 0 Å². The minimum Gasteiger partial charge on any atom is -0.329 e. The molecule has 1 heterocycles. The molecule has 0 aromatic carbocycles. The number of nitrogens with two attached hydrogens (primary N) is 1. The highest BCUT2D eigenvalue weighted by molar-refractivity contribution is 5.00. The summed E-state index contributed by atoms with van der Waals surface area (Å²) in [6.45, 7) is 8.72. The lowest BCUT2D eigenvalue weighted by Crippen LogP contribution is -2.61. The molecule has 1 aliphatic rings. The summed E-state index contributed by atoms with van der Waals surface area (Å²) >= 11 is 0. The molecule has 2 nitrogen and oxygen atoms in total. The second-order valence-corrected chi connectivity index (χ2v) is 4.92. The van der Waals surface area contributed by atoms with Gasteiger partial charge in [0.2, 0.25) is 0 Å². The summed E-state index contributed by atoms with van der Waals surface area (Å²) in [4.78, 5) is 0. The lowest BCUT2D eigenvalue weighted by atomic mass is 9.69. The molecule has 0 saturated carbocycles. The molecule has 0 spiro atoms. The summed E-state index contributed by atoms with van der Waals surface area (Å²) in [5, 5.41) is 3.60. The fourth-order valence-electron chi connectivity index (χ4n) is 2.09. The van der Waals surface area contributed by atoms with Crippen LogP contribution in [0.25, 0.3) is 0 Å². The SMILES string of the molecule is CC(C)(C)C1(CN)CCCCN1. The Morgan fingerprint density at radius 3 is 2.25 bits per heavy atom. The minimum absolute atomic E-state index is 0.186. The van der Waals surface area contributed by atoms with Crippen LogP contribution < -0.4 is 11.1 Å². The molecule has 1 fully saturated rings. The van der Waals surface area contributed by atoms with Crippen LogP contribution in [0.1, 0.15) is 40.0 Å². The second kappa shape index (κ2) is 3.35. The lowest BCUT2D eigenvalue weighted by molar-refractivity contribution is 0.110. The van der Waals surface area contributed by atoms with E-state index in [1.807, 2.05) is 0 Å². The van der Waals surface area contributed by atoms with Crippen molar-refractivity contribution in [2.24, 2.45) is 11.1 Å². The molecule has 1 atom stereocenters. The summed E-state index contributed by atoms with van der Waals surface area (Å²) in [5.74, 6) is 0. The number of hydrogen-bond acceptors (Lipinski definition) is 2. The van der Waals surface area contributed by atoms with E-state index in [4.69, 9.17) is 5.73 Å². The zero-order chi connectivity index (χ0) is 9.24. The van der Waals surface area contributed by atoms with Crippen LogP contribution in [0.4, 0.5) is 0 Å². The highest BCUT2D eigenvalue weighted by Crippen LogP contribution is 2.35. The van der Waals surface area contributed by atoms with E-state index in [0.29, 0.717) is 0 Å². The Morgan fingerprint density at radius 1 is 1.33 bits per heavy atom. The summed E-state index contributed by atoms with van der Waals surface area (Å²) in [6.07, 6.45) is 3.85. The summed E-state index contributed by atoms with van der Waals surface area (Å²) < 4.78 is 0. The highest BCUT2D eigenvalue weighted by atomic mass is 15.0. The molecular weight excluding hydrogens is 148 g/mol. The van der Waals surface area contributed by atoms with Gasteiger partial charge >= 0.3 is 0 Å². The molecule has 1 saturated heterocycles. The summed E-state index contributed by atoms with van der Waals surface area (Å²) in [5.41, 5.74) is 6.33. The Hall–Kier alpha value is -0.0800. The summed E-state index contributed by atoms with van der Waals surface area (Å²) in [7, 11) is 0. The first-order valence-electron chi connectivity index (χ1n) is 4.97. The van der Waals surface area contributed by atoms with Gasteiger partial charge in [-0.2, -0.15) is 0 Å². The van der Waals surface area contributed by atoms with E-state index >= 15 is 0 Å². The van der Waals surface area contributed by atoms with Crippen molar-refractivity contribution in [2.45, 2.75) is 45.6 Å². The van der Waals surface area contributed by atoms with E-state index in [-0.39, 0.29) is 11.0 Å². The van der Waals surface area contributed by atoms with Crippen LogP contribution in [-0.4, -0.2) is 18.6 Å². The number of rotatable bonds is 1. The van der Waals surface area contributed by atoms with Crippen LogP contribution in [0.5, 0.6) is 0 Å². The van der Waals surface area contributed by atoms with Crippen molar-refractivity contribution in [1.82, 2.24) is 5.32 Å². The van der Waals surface area contributed by atoms with Gasteiger partial charge in [-0.25, -0.2) is 0 Å². The second-order valence-electron chi connectivity index (χ2n) is 4.92. The van der Waals surface area contributed by atoms with Crippen LogP contribution in [0.2, 0.25) is 0 Å². The van der Waals surface area contributed by atoms with E-state index in [0.717, 1.165) is 13.1 Å². The van der Waals surface area contributed by atoms with Crippen molar-refractivity contribution in [3.8, 4) is 0 Å². The topological polar surface area (TPSA) is 38.0 Å². The van der Waals surface area contributed by atoms with Gasteiger partial charge in [0.25, 0.3) is 0 Å². The van der Waals surface area contributed by atoms with Gasteiger partial charge < -0.3 is 11.1 Å². The molecule has 1 aliphatic heterocycles. The maximum Gasteiger partial charge on any atom is 0.0352 e. The molecule has 0 bridgehead atoms. The van der Waals surface area contributed by atoms with Crippen LogP contribution in [0.3, 0.4) is 0 Å². The molecule has 0 aromatic rings. The van der Waals surface area contributed by atoms with Gasteiger partial charge in [0.1, 0.15) is 0 Å². The van der Waals surface area contributed by atoms with Gasteiger partial charge in [0.05, 0.1) is 0 Å². The van der Waals surface area contributed by atoms with E-state index in [1.54, 1.807) is 0 Å². The van der Waals surface area contributed by atoms with Gasteiger partial charge in [0, 0.05) is 12.1 Å². The van der Waals surface area contributed by atoms with Gasteiger partial charge in [-0.1, -0.05) is 27.2 Å². The number of nitrogens with one attached hydrogen (secondary N) is 1. The molecule has 1 rings (SSSR count). The largest absolute Gasteiger partial charge is 0.329 e. The lowest BCUT2D eigenvalue weighted by Gasteiger charge is -2.47. The van der Waals surface area contributed by atoms with Crippen molar-refractivity contribution < 1.29 is 0 Å². The van der Waals surface area contributed by atoms with Gasteiger partial charge in [0.15, 0.2) is 0 Å². The molecule has 0 aliphatic carbocycles. The standard InChI is InChI=1S/C10H22N2/c1-9(2,3)10(8-11)6-4-5-7-12-10/h12H,4-8,11H2,1-3H3. The van der Waals surface area contributed by atoms with Crippen molar-refractivity contribution in [1.29, 1.82) is 0 Å². The smallest absolute Gasteiger partial charge is 0.0352 e. The van der Waals surface area contributed by atoms with Crippen molar-refractivity contribution in [3.63, 3.8) is 0 Å². The van der Waals surface area contributed by atoms with E-state index in [1.165, 1.54) is 19.3 Å². The van der Waals surface area contributed by atoms with E-state index < -0.39 is 0 Å². The summed E-state index contributed by atoms with van der Waals surface area (Å²) in [6, 6.07) is 0. The Labute approximate surface area is 75.9 Å². The van der Waals surface area contributed by atoms with Crippen LogP contribution in [-0.2, 0) is 0 Å². The molecular formula is C10H22N2. The quantitative estimate of drug-likeness (QED) is 0.626. The molecule has 1 unspecified atom stereocenters. The zero-order valence-corrected chi connectivity index (χ0v) is 8.61. The number of hydrogen-bond donors (Lipinski definition) is 2. The van der Waals surface area contributed by atoms with Crippen LogP contribution in [0, 0.1) is 5.41 Å². The molecule has 0 aromatic heterocycles. The first-order chi connectivity index (χ1) is 5.52. The first-order valence-corrected chi connectivity index (χ1v) is 4.97. The Bertz CT molecular complexity index is 140. The first kappa shape index (κ1) is 10.0. The molecule has 0 radical (unpaired) electrons. The minimum atomic E-state index is 0.186. The Morgan fingerprint density at radius 2 is 2.00 bits per heavy atom. The molecule has 2 heteroatoms. The van der Waals surface area contributed by atoms with E-state index in [2.05, 4.69) is 26.1 Å². The van der Waals surface area contributed by atoms with Gasteiger partial charge in [-0.15, -0.1) is 0 Å². The maximum absolute atomic E-state index is 5.86. The van der Waals surface area contributed by atoms with Crippen molar-refractivity contribution in [3.05, 3.63) is 0 Å². The fourth-order valence-corrected chi connectivity index (χ4v) is 2.09. The van der Waals surface area contributed by atoms with Gasteiger partial charge in [-0.3, -0.25) is 0 Å². The third kappa shape index (κ3) is 1.64. The van der Waals surface area contributed by atoms with E-state index in [9.17, 15) is 0 Å².